The Balaban J connectivity index is 0. The van der Waals surface area contributed by atoms with Crippen LogP contribution in [0.3, 0.4) is 0 Å². The van der Waals surface area contributed by atoms with Gasteiger partial charge in [0.1, 0.15) is 0 Å². The Labute approximate surface area is 136 Å². The van der Waals surface area contributed by atoms with Gasteiger partial charge >= 0.3 is 34.5 Å². The second-order valence-electron chi connectivity index (χ2n) is 5.84. The van der Waals surface area contributed by atoms with Crippen LogP contribution in [0.2, 0.25) is 18.1 Å². The van der Waals surface area contributed by atoms with E-state index in [1.165, 1.54) is 14.8 Å². The molecule has 0 rings (SSSR count). The van der Waals surface area contributed by atoms with E-state index in [4.69, 9.17) is 4.43 Å². The predicted octanol–water partition coefficient (Wildman–Crippen LogP) is 5.15. The van der Waals surface area contributed by atoms with Crippen molar-refractivity contribution in [3.8, 4) is 11.8 Å². The van der Waals surface area contributed by atoms with Crippen molar-refractivity contribution in [1.82, 2.24) is 0 Å². The van der Waals surface area contributed by atoms with Gasteiger partial charge in [-0.1, -0.05) is 33.6 Å². The Kier molecular flexibility index (Phi) is 12.9. The monoisotopic (exact) mass is 430 g/mol. The van der Waals surface area contributed by atoms with Gasteiger partial charge in [0.05, 0.1) is 0 Å². The van der Waals surface area contributed by atoms with E-state index in [1.54, 1.807) is 0 Å². The van der Waals surface area contributed by atoms with E-state index in [0.29, 0.717) is 6.61 Å². The molecule has 0 aliphatic rings. The maximum atomic E-state index is 6.06. The fourth-order valence-electron chi connectivity index (χ4n) is 0.909. The molecular formula is C14H27IOSiZn. The van der Waals surface area contributed by atoms with Crippen molar-refractivity contribution < 1.29 is 19.2 Å². The first-order chi connectivity index (χ1) is 8.20. The molecule has 1 atom stereocenters. The topological polar surface area (TPSA) is 9.23 Å². The van der Waals surface area contributed by atoms with Crippen molar-refractivity contribution in [2.75, 3.05) is 6.61 Å². The summed E-state index contributed by atoms with van der Waals surface area (Å²) in [6.45, 7) is 18.1. The van der Waals surface area contributed by atoms with E-state index in [1.807, 2.05) is 0 Å². The first-order valence-electron chi connectivity index (χ1n) is 6.43. The van der Waals surface area contributed by atoms with Crippen LogP contribution in [0, 0.1) is 24.7 Å². The first kappa shape index (κ1) is 21.4. The number of rotatable bonds is 4. The van der Waals surface area contributed by atoms with Crippen molar-refractivity contribution in [1.29, 1.82) is 0 Å². The second kappa shape index (κ2) is 10.8. The van der Waals surface area contributed by atoms with Crippen LogP contribution in [0.25, 0.3) is 0 Å². The molecule has 0 heterocycles. The third-order valence-electron chi connectivity index (χ3n) is 3.13. The van der Waals surface area contributed by atoms with Crippen LogP contribution < -0.4 is 0 Å². The fourth-order valence-corrected chi connectivity index (χ4v) is 1.96. The van der Waals surface area contributed by atoms with Gasteiger partial charge in [-0.15, -0.1) is 11.8 Å². The van der Waals surface area contributed by atoms with E-state index in [0.717, 1.165) is 12.8 Å². The van der Waals surface area contributed by atoms with Crippen molar-refractivity contribution in [3.63, 3.8) is 0 Å². The van der Waals surface area contributed by atoms with Crippen LogP contribution in [-0.4, -0.2) is 14.9 Å². The van der Waals surface area contributed by atoms with Gasteiger partial charge in [0.2, 0.25) is 0 Å². The van der Waals surface area contributed by atoms with Gasteiger partial charge < -0.3 is 11.3 Å². The van der Waals surface area contributed by atoms with Crippen LogP contribution in [0.4, 0.5) is 0 Å². The SMILES string of the molecule is [CH2-]C(C#CCCC)CO[Si](C)(C)C(C)(C)C.[Zn+][I]. The van der Waals surface area contributed by atoms with E-state index in [2.05, 4.69) is 79.3 Å². The Morgan fingerprint density at radius 3 is 2.22 bits per heavy atom. The molecule has 102 valence electrons. The molecule has 0 N–H and O–H groups in total. The molecule has 0 aromatic rings. The van der Waals surface area contributed by atoms with E-state index >= 15 is 0 Å². The van der Waals surface area contributed by atoms with Gasteiger partial charge in [-0.05, 0) is 24.6 Å². The first-order valence-corrected chi connectivity index (χ1v) is 18.4. The van der Waals surface area contributed by atoms with Crippen LogP contribution in [0.15, 0.2) is 0 Å². The summed E-state index contributed by atoms with van der Waals surface area (Å²) in [6.07, 6.45) is 2.08. The molecule has 0 spiro atoms. The molecule has 0 aliphatic carbocycles. The Morgan fingerprint density at radius 2 is 1.83 bits per heavy atom. The zero-order valence-electron chi connectivity index (χ0n) is 12.9. The third kappa shape index (κ3) is 9.95. The molecule has 0 aromatic carbocycles. The summed E-state index contributed by atoms with van der Waals surface area (Å²) in [7, 11) is -1.62. The van der Waals surface area contributed by atoms with Gasteiger partial charge in [0.15, 0.2) is 8.32 Å². The molecule has 0 radical (unpaired) electrons. The summed E-state index contributed by atoms with van der Waals surface area (Å²) in [4.78, 5) is 0. The van der Waals surface area contributed by atoms with Gasteiger partial charge in [-0.3, -0.25) is 0 Å². The molecule has 0 amide bonds. The maximum absolute atomic E-state index is 6.06. The zero-order valence-corrected chi connectivity index (χ0v) is 19.0. The average Bonchev–Trinajstić information content (AvgIpc) is 2.28. The Hall–Kier alpha value is 1.09. The third-order valence-corrected chi connectivity index (χ3v) is 7.63. The van der Waals surface area contributed by atoms with Crippen LogP contribution >= 0.6 is 19.8 Å². The minimum absolute atomic E-state index is 0.112. The van der Waals surface area contributed by atoms with Crippen molar-refractivity contribution >= 4 is 28.1 Å². The minimum atomic E-state index is -1.62. The molecular weight excluding hydrogens is 405 g/mol. The Morgan fingerprint density at radius 1 is 1.33 bits per heavy atom. The standard InChI is InChI=1S/C14H27OSi.HI.Zn/c1-8-9-10-11-13(2)12-15-16(6,7)14(3,4)5;;/h13H,2,8-9,12H2,1,3-7H3;1H;/q-1;;+2/p-1. The molecule has 0 aromatic heterocycles. The van der Waals surface area contributed by atoms with Gasteiger partial charge in [0.25, 0.3) is 0 Å². The van der Waals surface area contributed by atoms with Gasteiger partial charge in [-0.25, -0.2) is 0 Å². The summed E-state index contributed by atoms with van der Waals surface area (Å²) >= 11 is 3.62. The van der Waals surface area contributed by atoms with E-state index in [-0.39, 0.29) is 11.0 Å². The molecule has 4 heteroatoms. The second-order valence-corrected chi connectivity index (χ2v) is 10.6. The molecule has 0 bridgehead atoms. The normalized spacial score (nSPS) is 13.0. The zero-order chi connectivity index (χ0) is 14.8. The predicted molar refractivity (Wildman–Crippen MR) is 88.7 cm³/mol. The quantitative estimate of drug-likeness (QED) is 0.259. The van der Waals surface area contributed by atoms with Crippen molar-refractivity contribution in [2.45, 2.75) is 58.7 Å². The van der Waals surface area contributed by atoms with Gasteiger partial charge in [0, 0.05) is 13.0 Å². The van der Waals surface area contributed by atoms with Crippen LogP contribution in [-0.2, 0) is 19.2 Å². The molecule has 0 aliphatic heterocycles. The molecule has 0 saturated heterocycles. The average molecular weight is 432 g/mol. The molecule has 0 fully saturated rings. The van der Waals surface area contributed by atoms with Crippen molar-refractivity contribution in [2.24, 2.45) is 5.92 Å². The number of unbranched alkanes of at least 4 members (excludes halogenated alkanes) is 1. The fraction of sp³-hybridized carbons (Fsp3) is 0.786. The number of halogens is 1. The molecule has 0 saturated carbocycles. The van der Waals surface area contributed by atoms with E-state index in [9.17, 15) is 0 Å². The number of hydrogen-bond acceptors (Lipinski definition) is 1. The summed E-state index contributed by atoms with van der Waals surface area (Å²) in [5.74, 6) is 6.39. The van der Waals surface area contributed by atoms with Crippen molar-refractivity contribution in [3.05, 3.63) is 6.92 Å². The molecule has 1 unspecified atom stereocenters. The van der Waals surface area contributed by atoms with Crippen LogP contribution in [0.5, 0.6) is 0 Å². The summed E-state index contributed by atoms with van der Waals surface area (Å²) < 4.78 is 6.06. The number of hydrogen-bond donors (Lipinski definition) is 0. The summed E-state index contributed by atoms with van der Waals surface area (Å²) in [5, 5.41) is 0.267. The molecule has 18 heavy (non-hydrogen) atoms. The van der Waals surface area contributed by atoms with Crippen LogP contribution in [0.1, 0.15) is 40.5 Å². The van der Waals surface area contributed by atoms with Gasteiger partial charge in [-0.2, -0.15) is 0 Å². The summed E-state index contributed by atoms with van der Waals surface area (Å²) in [6, 6.07) is 0. The van der Waals surface area contributed by atoms with E-state index < -0.39 is 8.32 Å². The summed E-state index contributed by atoms with van der Waals surface area (Å²) in [5.41, 5.74) is 0. The Bertz CT molecular complexity index is 263. The molecule has 1 nitrogen and oxygen atoms in total.